The first kappa shape index (κ1) is 22.9. The summed E-state index contributed by atoms with van der Waals surface area (Å²) >= 11 is 0.663. The molecular formula is C18H24N4O8S. The van der Waals surface area contributed by atoms with Crippen molar-refractivity contribution in [2.45, 2.75) is 58.2 Å². The van der Waals surface area contributed by atoms with Gasteiger partial charge in [0.25, 0.3) is 5.56 Å². The second kappa shape index (κ2) is 9.58. The van der Waals surface area contributed by atoms with E-state index >= 15 is 0 Å². The van der Waals surface area contributed by atoms with Crippen LogP contribution in [0.2, 0.25) is 0 Å². The number of fused-ring (bicyclic) bond motifs is 1. The summed E-state index contributed by atoms with van der Waals surface area (Å²) in [6.07, 6.45) is -2.25. The topological polar surface area (TPSA) is 165 Å². The molecule has 3 heterocycles. The zero-order valence-corrected chi connectivity index (χ0v) is 18.1. The molecule has 31 heavy (non-hydrogen) atoms. The van der Waals surface area contributed by atoms with Crippen LogP contribution in [-0.2, 0) is 28.5 Å². The van der Waals surface area contributed by atoms with Crippen molar-refractivity contribution in [3.8, 4) is 0 Å². The van der Waals surface area contributed by atoms with Crippen molar-refractivity contribution in [1.29, 1.82) is 0 Å². The fourth-order valence-corrected chi connectivity index (χ4v) is 4.14. The minimum atomic E-state index is -1.16. The fraction of sp³-hybridized carbons (Fsp3) is 0.611. The van der Waals surface area contributed by atoms with E-state index in [4.69, 9.17) is 24.7 Å². The first-order valence-corrected chi connectivity index (χ1v) is 10.5. The van der Waals surface area contributed by atoms with Crippen LogP contribution in [0, 0.1) is 0 Å². The maximum Gasteiger partial charge on any atom is 0.311 e. The second-order valence-electron chi connectivity index (χ2n) is 6.97. The molecule has 13 heteroatoms. The van der Waals surface area contributed by atoms with E-state index in [0.717, 1.165) is 17.4 Å². The minimum Gasteiger partial charge on any atom is -0.463 e. The molecule has 0 spiro atoms. The van der Waals surface area contributed by atoms with Gasteiger partial charge < -0.3 is 24.7 Å². The van der Waals surface area contributed by atoms with Gasteiger partial charge in [-0.3, -0.25) is 28.7 Å². The second-order valence-corrected chi connectivity index (χ2v) is 7.93. The van der Waals surface area contributed by atoms with Crippen LogP contribution in [0.25, 0.3) is 10.3 Å². The number of aromatic amines is 1. The lowest BCUT2D eigenvalue weighted by molar-refractivity contribution is -0.158. The zero-order chi connectivity index (χ0) is 22.7. The molecule has 2 aromatic rings. The minimum absolute atomic E-state index is 0.00107. The summed E-state index contributed by atoms with van der Waals surface area (Å²) < 4.78 is 23.6. The number of unbranched alkanes of at least 4 members (excludes halogenated alkanes) is 1. The average molecular weight is 456 g/mol. The van der Waals surface area contributed by atoms with Gasteiger partial charge in [0.05, 0.1) is 0 Å². The Morgan fingerprint density at radius 1 is 1.26 bits per heavy atom. The van der Waals surface area contributed by atoms with Gasteiger partial charge in [-0.05, 0) is 6.42 Å². The number of aromatic nitrogens is 3. The first-order chi connectivity index (χ1) is 14.7. The largest absolute Gasteiger partial charge is 0.463 e. The van der Waals surface area contributed by atoms with E-state index in [1.165, 1.54) is 13.8 Å². The summed E-state index contributed by atoms with van der Waals surface area (Å²) in [4.78, 5) is 53.9. The SMILES string of the molecule is CCCCO[C@@H]1[C@@H](OC(C)=O)[C@@H](n2c(=O)sc3c(=O)[nH]c(N)nc32)O[C@@H]1COC(C)=O. The van der Waals surface area contributed by atoms with Crippen molar-refractivity contribution in [2.75, 3.05) is 18.9 Å². The average Bonchev–Trinajstić information content (AvgIpc) is 3.17. The van der Waals surface area contributed by atoms with E-state index in [-0.39, 0.29) is 22.9 Å². The van der Waals surface area contributed by atoms with Gasteiger partial charge in [0.1, 0.15) is 23.5 Å². The molecule has 12 nitrogen and oxygen atoms in total. The Balaban J connectivity index is 2.06. The van der Waals surface area contributed by atoms with E-state index < -0.39 is 46.9 Å². The van der Waals surface area contributed by atoms with E-state index in [0.29, 0.717) is 17.9 Å². The summed E-state index contributed by atoms with van der Waals surface area (Å²) in [5, 5.41) is 0. The number of rotatable bonds is 8. The Hall–Kier alpha value is -2.77. The lowest BCUT2D eigenvalue weighted by Gasteiger charge is -2.24. The van der Waals surface area contributed by atoms with Crippen LogP contribution in [0.4, 0.5) is 5.95 Å². The van der Waals surface area contributed by atoms with E-state index in [1.54, 1.807) is 0 Å². The number of carbonyl (C=O) groups is 2. The molecule has 1 aliphatic rings. The van der Waals surface area contributed by atoms with Gasteiger partial charge in [0.15, 0.2) is 18.0 Å². The van der Waals surface area contributed by atoms with Gasteiger partial charge in [-0.25, -0.2) is 0 Å². The van der Waals surface area contributed by atoms with Gasteiger partial charge in [-0.1, -0.05) is 24.7 Å². The van der Waals surface area contributed by atoms with Crippen molar-refractivity contribution in [2.24, 2.45) is 0 Å². The predicted molar refractivity (Wildman–Crippen MR) is 110 cm³/mol. The molecule has 1 aliphatic heterocycles. The maximum absolute atomic E-state index is 12.8. The van der Waals surface area contributed by atoms with Gasteiger partial charge in [0, 0.05) is 20.5 Å². The fourth-order valence-electron chi connectivity index (χ4n) is 3.30. The van der Waals surface area contributed by atoms with Gasteiger partial charge in [-0.15, -0.1) is 0 Å². The molecule has 0 bridgehead atoms. The summed E-state index contributed by atoms with van der Waals surface area (Å²) in [5.41, 5.74) is 5.08. The summed E-state index contributed by atoms with van der Waals surface area (Å²) in [6, 6.07) is 0. The van der Waals surface area contributed by atoms with Crippen LogP contribution in [0.5, 0.6) is 0 Å². The van der Waals surface area contributed by atoms with Crippen molar-refractivity contribution in [3.63, 3.8) is 0 Å². The highest BCUT2D eigenvalue weighted by Gasteiger charge is 2.50. The molecule has 1 saturated heterocycles. The maximum atomic E-state index is 12.8. The van der Waals surface area contributed by atoms with Crippen LogP contribution >= 0.6 is 11.3 Å². The van der Waals surface area contributed by atoms with Crippen molar-refractivity contribution in [1.82, 2.24) is 14.5 Å². The first-order valence-electron chi connectivity index (χ1n) is 9.71. The van der Waals surface area contributed by atoms with Crippen LogP contribution in [-0.4, -0.2) is 58.0 Å². The Bertz CT molecular complexity index is 1080. The third kappa shape index (κ3) is 4.94. The van der Waals surface area contributed by atoms with Crippen molar-refractivity contribution in [3.05, 3.63) is 20.0 Å². The molecule has 170 valence electrons. The third-order valence-corrected chi connectivity index (χ3v) is 5.54. The number of nitrogens with two attached hydrogens (primary N) is 1. The number of ether oxygens (including phenoxy) is 4. The molecule has 0 amide bonds. The van der Waals surface area contributed by atoms with Gasteiger partial charge in [0.2, 0.25) is 5.95 Å². The molecule has 1 fully saturated rings. The van der Waals surface area contributed by atoms with Crippen LogP contribution in [0.1, 0.15) is 39.8 Å². The van der Waals surface area contributed by atoms with E-state index in [9.17, 15) is 19.2 Å². The highest BCUT2D eigenvalue weighted by Crippen LogP contribution is 2.35. The molecular weight excluding hydrogens is 432 g/mol. The van der Waals surface area contributed by atoms with E-state index in [2.05, 4.69) is 9.97 Å². The molecule has 0 aliphatic carbocycles. The normalized spacial score (nSPS) is 23.2. The van der Waals surface area contributed by atoms with Gasteiger partial charge >= 0.3 is 16.8 Å². The number of hydrogen-bond donors (Lipinski definition) is 2. The third-order valence-electron chi connectivity index (χ3n) is 4.59. The molecule has 4 atom stereocenters. The van der Waals surface area contributed by atoms with Crippen LogP contribution in [0.15, 0.2) is 9.59 Å². The molecule has 0 radical (unpaired) electrons. The Labute approximate surface area is 180 Å². The number of nitrogen functional groups attached to an aromatic ring is 1. The predicted octanol–water partition coefficient (Wildman–Crippen LogP) is 0.306. The lowest BCUT2D eigenvalue weighted by Crippen LogP contribution is -2.40. The number of nitrogens with zero attached hydrogens (tertiary/aromatic N) is 2. The molecule has 2 aromatic heterocycles. The number of hydrogen-bond acceptors (Lipinski definition) is 11. The van der Waals surface area contributed by atoms with Crippen molar-refractivity contribution >= 4 is 39.6 Å². The lowest BCUT2D eigenvalue weighted by atomic mass is 10.1. The summed E-state index contributed by atoms with van der Waals surface area (Å²) in [6.45, 7) is 4.62. The molecule has 0 saturated carbocycles. The van der Waals surface area contributed by atoms with Gasteiger partial charge in [-0.2, -0.15) is 4.98 Å². The Kier molecular flexibility index (Phi) is 7.08. The smallest absolute Gasteiger partial charge is 0.311 e. The molecule has 0 unspecified atom stereocenters. The Morgan fingerprint density at radius 3 is 2.65 bits per heavy atom. The number of esters is 2. The number of nitrogens with one attached hydrogen (secondary N) is 1. The van der Waals surface area contributed by atoms with Crippen LogP contribution < -0.4 is 16.2 Å². The molecule has 3 rings (SSSR count). The molecule has 0 aromatic carbocycles. The monoisotopic (exact) mass is 456 g/mol. The number of carbonyl (C=O) groups excluding carboxylic acids is 2. The highest BCUT2D eigenvalue weighted by molar-refractivity contribution is 7.16. The highest BCUT2D eigenvalue weighted by atomic mass is 32.1. The van der Waals surface area contributed by atoms with Crippen molar-refractivity contribution < 1.29 is 28.5 Å². The number of anilines is 1. The van der Waals surface area contributed by atoms with E-state index in [1.807, 2.05) is 6.92 Å². The summed E-state index contributed by atoms with van der Waals surface area (Å²) in [7, 11) is 0. The zero-order valence-electron chi connectivity index (χ0n) is 17.3. The summed E-state index contributed by atoms with van der Waals surface area (Å²) in [5.74, 6) is -1.32. The Morgan fingerprint density at radius 2 is 2.00 bits per heavy atom. The number of H-pyrrole nitrogens is 1. The van der Waals surface area contributed by atoms with Crippen LogP contribution in [0.3, 0.4) is 0 Å². The number of thiazole rings is 1. The quantitative estimate of drug-likeness (QED) is 0.417. The standard InChI is InChI=1S/C18H24N4O8S/c1-4-5-6-27-11-10(7-28-8(2)23)30-16(12(11)29-9(3)24)22-14-13(31-18(22)26)15(25)21-17(19)20-14/h10-12,16H,4-7H2,1-3H3,(H3,19,20,21,25)/t10-,11+,12-,16+/m1/s1. The molecule has 3 N–H and O–H groups in total.